The normalized spacial score (nSPS) is 18.0. The van der Waals surface area contributed by atoms with Gasteiger partial charge in [-0.15, -0.1) is 0 Å². The van der Waals surface area contributed by atoms with Crippen LogP contribution in [0.25, 0.3) is 28.3 Å². The largest absolute Gasteiger partial charge is 0.382 e. The number of allylic oxidation sites excluding steroid dienone is 2. The topological polar surface area (TPSA) is 102 Å². The summed E-state index contributed by atoms with van der Waals surface area (Å²) >= 11 is 0. The van der Waals surface area contributed by atoms with Crippen molar-refractivity contribution in [2.75, 3.05) is 32.5 Å². The molecule has 2 aromatic heterocycles. The van der Waals surface area contributed by atoms with E-state index in [2.05, 4.69) is 50.8 Å². The maximum absolute atomic E-state index is 6.16. The standard InChI is InChI=1S/C25H28N6O2/c1-27-13-17-6-8-18(9-7-17)21-12-23(33-30-21)24-25(26)28-14-22(29-24)19-4-2-10-31(15-19)16-20-5-3-11-32-20/h2,4,6-9,12,14-15,20,27H,3,5,10-11,13,16H2,1H3,(H2,26,28). The number of aromatic nitrogens is 3. The zero-order valence-electron chi connectivity index (χ0n) is 18.7. The summed E-state index contributed by atoms with van der Waals surface area (Å²) in [4.78, 5) is 11.4. The van der Waals surface area contributed by atoms with E-state index in [-0.39, 0.29) is 0 Å². The maximum Gasteiger partial charge on any atom is 0.189 e. The molecule has 8 heteroatoms. The summed E-state index contributed by atoms with van der Waals surface area (Å²) in [5, 5.41) is 7.37. The van der Waals surface area contributed by atoms with Crippen molar-refractivity contribution in [2.24, 2.45) is 0 Å². The molecule has 1 atom stereocenters. The van der Waals surface area contributed by atoms with Gasteiger partial charge in [0.05, 0.1) is 18.0 Å². The summed E-state index contributed by atoms with van der Waals surface area (Å²) in [6, 6.07) is 10.0. The van der Waals surface area contributed by atoms with Crippen LogP contribution >= 0.6 is 0 Å². The number of nitrogen functional groups attached to an aromatic ring is 1. The lowest BCUT2D eigenvalue weighted by Crippen LogP contribution is -2.29. The third-order valence-corrected chi connectivity index (χ3v) is 5.89. The zero-order valence-corrected chi connectivity index (χ0v) is 18.7. The van der Waals surface area contributed by atoms with Gasteiger partial charge in [-0.25, -0.2) is 9.97 Å². The number of hydrogen-bond donors (Lipinski definition) is 2. The van der Waals surface area contributed by atoms with Gasteiger partial charge in [-0.3, -0.25) is 0 Å². The SMILES string of the molecule is CNCc1ccc(-c2cc(-c3nc(C4=CN(CC5CCCO5)CC=C4)cnc3N)on2)cc1. The number of ether oxygens (including phenoxy) is 1. The third kappa shape index (κ3) is 4.81. The van der Waals surface area contributed by atoms with E-state index in [9.17, 15) is 0 Å². The van der Waals surface area contributed by atoms with Gasteiger partial charge in [0.25, 0.3) is 0 Å². The summed E-state index contributed by atoms with van der Waals surface area (Å²) in [7, 11) is 1.93. The van der Waals surface area contributed by atoms with E-state index in [4.69, 9.17) is 20.0 Å². The molecule has 1 aromatic carbocycles. The predicted molar refractivity (Wildman–Crippen MR) is 128 cm³/mol. The lowest BCUT2D eigenvalue weighted by atomic mass is 10.1. The van der Waals surface area contributed by atoms with E-state index in [0.717, 1.165) is 61.6 Å². The Labute approximate surface area is 193 Å². The van der Waals surface area contributed by atoms with Crippen LogP contribution < -0.4 is 11.1 Å². The van der Waals surface area contributed by atoms with Gasteiger partial charge in [0.1, 0.15) is 5.69 Å². The van der Waals surface area contributed by atoms with Crippen molar-refractivity contribution < 1.29 is 9.26 Å². The fourth-order valence-corrected chi connectivity index (χ4v) is 4.18. The Morgan fingerprint density at radius 1 is 1.21 bits per heavy atom. The van der Waals surface area contributed by atoms with E-state index < -0.39 is 0 Å². The van der Waals surface area contributed by atoms with Crippen molar-refractivity contribution in [1.29, 1.82) is 0 Å². The van der Waals surface area contributed by atoms with Crippen LogP contribution in [0.3, 0.4) is 0 Å². The van der Waals surface area contributed by atoms with Gasteiger partial charge in [0.2, 0.25) is 0 Å². The number of nitrogens with two attached hydrogens (primary N) is 1. The van der Waals surface area contributed by atoms with Crippen LogP contribution in [0.1, 0.15) is 24.1 Å². The molecule has 0 aliphatic carbocycles. The van der Waals surface area contributed by atoms with Crippen molar-refractivity contribution in [3.05, 3.63) is 66.1 Å². The summed E-state index contributed by atoms with van der Waals surface area (Å²) < 4.78 is 11.4. The Kier molecular flexibility index (Phi) is 6.19. The Morgan fingerprint density at radius 2 is 2.09 bits per heavy atom. The molecule has 1 unspecified atom stereocenters. The molecular formula is C25H28N6O2. The van der Waals surface area contributed by atoms with E-state index in [0.29, 0.717) is 23.4 Å². The van der Waals surface area contributed by atoms with E-state index in [1.165, 1.54) is 5.56 Å². The van der Waals surface area contributed by atoms with E-state index in [1.54, 1.807) is 6.20 Å². The van der Waals surface area contributed by atoms with Crippen molar-refractivity contribution in [3.63, 3.8) is 0 Å². The first-order valence-electron chi connectivity index (χ1n) is 11.3. The molecule has 3 aromatic rings. The number of benzene rings is 1. The molecule has 0 amide bonds. The third-order valence-electron chi connectivity index (χ3n) is 5.89. The summed E-state index contributed by atoms with van der Waals surface area (Å²) in [5.74, 6) is 0.801. The Morgan fingerprint density at radius 3 is 2.88 bits per heavy atom. The van der Waals surface area contributed by atoms with Gasteiger partial charge in [-0.1, -0.05) is 41.6 Å². The molecule has 3 N–H and O–H groups in total. The van der Waals surface area contributed by atoms with Crippen LogP contribution in [-0.2, 0) is 11.3 Å². The highest BCUT2D eigenvalue weighted by Crippen LogP contribution is 2.29. The molecule has 33 heavy (non-hydrogen) atoms. The molecule has 2 aliphatic rings. The first-order valence-corrected chi connectivity index (χ1v) is 11.3. The highest BCUT2D eigenvalue weighted by Gasteiger charge is 2.20. The maximum atomic E-state index is 6.16. The predicted octanol–water partition coefficient (Wildman–Crippen LogP) is 3.49. The number of hydrogen-bond acceptors (Lipinski definition) is 8. The van der Waals surface area contributed by atoms with Gasteiger partial charge in [0, 0.05) is 49.6 Å². The minimum Gasteiger partial charge on any atom is -0.382 e. The van der Waals surface area contributed by atoms with Crippen molar-refractivity contribution in [2.45, 2.75) is 25.5 Å². The lowest BCUT2D eigenvalue weighted by Gasteiger charge is -2.25. The molecule has 170 valence electrons. The number of nitrogens with zero attached hydrogens (tertiary/aromatic N) is 4. The highest BCUT2D eigenvalue weighted by atomic mass is 16.5. The van der Waals surface area contributed by atoms with Crippen LogP contribution in [0, 0.1) is 0 Å². The average Bonchev–Trinajstić information content (AvgIpc) is 3.53. The molecule has 0 bridgehead atoms. The lowest BCUT2D eigenvalue weighted by molar-refractivity contribution is 0.0890. The first-order chi connectivity index (χ1) is 16.2. The average molecular weight is 445 g/mol. The fourth-order valence-electron chi connectivity index (χ4n) is 4.18. The minimum absolute atomic E-state index is 0.293. The molecule has 1 fully saturated rings. The highest BCUT2D eigenvalue weighted by molar-refractivity contribution is 5.76. The monoisotopic (exact) mass is 444 g/mol. The van der Waals surface area contributed by atoms with Crippen molar-refractivity contribution in [3.8, 4) is 22.7 Å². The van der Waals surface area contributed by atoms with Crippen LogP contribution in [0.2, 0.25) is 0 Å². The number of nitrogens with one attached hydrogen (secondary N) is 1. The van der Waals surface area contributed by atoms with Crippen molar-refractivity contribution >= 4 is 11.4 Å². The molecule has 8 nitrogen and oxygen atoms in total. The molecule has 1 saturated heterocycles. The molecule has 0 spiro atoms. The second-order valence-electron chi connectivity index (χ2n) is 8.37. The van der Waals surface area contributed by atoms with E-state index in [1.807, 2.05) is 25.2 Å². The minimum atomic E-state index is 0.293. The van der Waals surface area contributed by atoms with Crippen molar-refractivity contribution in [1.82, 2.24) is 25.3 Å². The molecule has 4 heterocycles. The van der Waals surface area contributed by atoms with Crippen LogP contribution in [0.15, 0.2) is 59.4 Å². The second-order valence-corrected chi connectivity index (χ2v) is 8.37. The Balaban J connectivity index is 1.38. The fraction of sp³-hybridized carbons (Fsp3) is 0.320. The van der Waals surface area contributed by atoms with Crippen LogP contribution in [-0.4, -0.2) is 52.9 Å². The van der Waals surface area contributed by atoms with Crippen LogP contribution in [0.5, 0.6) is 0 Å². The smallest absolute Gasteiger partial charge is 0.189 e. The van der Waals surface area contributed by atoms with Gasteiger partial charge >= 0.3 is 0 Å². The van der Waals surface area contributed by atoms with Gasteiger partial charge < -0.3 is 25.2 Å². The molecule has 0 saturated carbocycles. The Hall–Kier alpha value is -3.49. The van der Waals surface area contributed by atoms with Gasteiger partial charge in [-0.05, 0) is 25.5 Å². The summed E-state index contributed by atoms with van der Waals surface area (Å²) in [5.41, 5.74) is 11.3. The quantitative estimate of drug-likeness (QED) is 0.571. The molecular weight excluding hydrogens is 416 g/mol. The summed E-state index contributed by atoms with van der Waals surface area (Å²) in [6.45, 7) is 3.41. The Bertz CT molecular complexity index is 1160. The van der Waals surface area contributed by atoms with Crippen LogP contribution in [0.4, 0.5) is 5.82 Å². The number of rotatable bonds is 7. The van der Waals surface area contributed by atoms with Gasteiger partial charge in [0.15, 0.2) is 17.3 Å². The number of anilines is 1. The second kappa shape index (κ2) is 9.56. The first kappa shape index (κ1) is 21.4. The molecule has 5 rings (SSSR count). The van der Waals surface area contributed by atoms with Gasteiger partial charge in [-0.2, -0.15) is 0 Å². The molecule has 0 radical (unpaired) electrons. The van der Waals surface area contributed by atoms with E-state index >= 15 is 0 Å². The molecule has 2 aliphatic heterocycles. The summed E-state index contributed by atoms with van der Waals surface area (Å²) in [6.07, 6.45) is 10.5. The zero-order chi connectivity index (χ0) is 22.6.